The number of unbranched alkanes of at least 4 members (excludes halogenated alkanes) is 13. The molecule has 0 bridgehead atoms. The average molecular weight is 435 g/mol. The molecule has 0 aromatic carbocycles. The molecule has 29 heavy (non-hydrogen) atoms. The maximum Gasteiger partial charge on any atom is 0.267 e. The van der Waals surface area contributed by atoms with Gasteiger partial charge in [0.15, 0.2) is 0 Å². The molecule has 0 saturated heterocycles. The normalized spacial score (nSPS) is 14.2. The Hall–Kier alpha value is -0.130. The SMILES string of the molecule is CCCCCCC(O)CCCCCCCCCCCCCC(CCC)S(=O)(=O)O. The van der Waals surface area contributed by atoms with Crippen LogP contribution in [0.5, 0.6) is 0 Å². The molecule has 5 heteroatoms. The zero-order valence-electron chi connectivity index (χ0n) is 19.4. The average Bonchev–Trinajstić information content (AvgIpc) is 2.67. The summed E-state index contributed by atoms with van der Waals surface area (Å²) in [6, 6.07) is 0. The van der Waals surface area contributed by atoms with Crippen LogP contribution in [0, 0.1) is 0 Å². The second kappa shape index (κ2) is 19.8. The van der Waals surface area contributed by atoms with Crippen LogP contribution in [0.2, 0.25) is 0 Å². The molecule has 0 saturated carbocycles. The summed E-state index contributed by atoms with van der Waals surface area (Å²) in [4.78, 5) is 0. The van der Waals surface area contributed by atoms with Gasteiger partial charge in [0.05, 0.1) is 11.4 Å². The second-order valence-corrected chi connectivity index (χ2v) is 10.6. The first-order valence-corrected chi connectivity index (χ1v) is 14.1. The first-order valence-electron chi connectivity index (χ1n) is 12.6. The van der Waals surface area contributed by atoms with Crippen molar-refractivity contribution in [1.82, 2.24) is 0 Å². The maximum atomic E-state index is 11.3. The quantitative estimate of drug-likeness (QED) is 0.137. The molecule has 2 atom stereocenters. The second-order valence-electron chi connectivity index (χ2n) is 8.90. The molecule has 0 fully saturated rings. The number of hydrogen-bond donors (Lipinski definition) is 2. The number of aliphatic hydroxyl groups is 1. The topological polar surface area (TPSA) is 74.6 Å². The molecule has 0 amide bonds. The lowest BCUT2D eigenvalue weighted by Gasteiger charge is -2.12. The Labute approximate surface area is 182 Å². The van der Waals surface area contributed by atoms with Crippen LogP contribution in [0.1, 0.15) is 142 Å². The highest BCUT2D eigenvalue weighted by atomic mass is 32.2. The van der Waals surface area contributed by atoms with Gasteiger partial charge in [-0.05, 0) is 25.7 Å². The summed E-state index contributed by atoms with van der Waals surface area (Å²) in [5.41, 5.74) is 0. The van der Waals surface area contributed by atoms with Crippen molar-refractivity contribution in [3.63, 3.8) is 0 Å². The largest absolute Gasteiger partial charge is 0.393 e. The van der Waals surface area contributed by atoms with Crippen LogP contribution >= 0.6 is 0 Å². The third kappa shape index (κ3) is 19.6. The monoisotopic (exact) mass is 434 g/mol. The van der Waals surface area contributed by atoms with Crippen molar-refractivity contribution >= 4 is 10.1 Å². The molecule has 0 heterocycles. The number of hydrogen-bond acceptors (Lipinski definition) is 3. The van der Waals surface area contributed by atoms with Crippen LogP contribution in [-0.2, 0) is 10.1 Å². The molecule has 0 aromatic rings. The van der Waals surface area contributed by atoms with Gasteiger partial charge in [0.1, 0.15) is 0 Å². The predicted octanol–water partition coefficient (Wildman–Crippen LogP) is 7.45. The molecular weight excluding hydrogens is 384 g/mol. The highest BCUT2D eigenvalue weighted by Gasteiger charge is 2.20. The standard InChI is InChI=1S/C24H50O4S/c1-3-5-6-16-20-23(25)21-17-14-12-10-8-7-9-11-13-15-18-22-24(19-4-2)29(26,27)28/h23-25H,3-22H2,1-2H3,(H,26,27,28). The van der Waals surface area contributed by atoms with Crippen molar-refractivity contribution in [2.24, 2.45) is 0 Å². The molecule has 0 radical (unpaired) electrons. The number of rotatable bonds is 22. The molecule has 0 aromatic heterocycles. The third-order valence-corrected chi connectivity index (χ3v) is 7.30. The minimum atomic E-state index is -3.87. The van der Waals surface area contributed by atoms with Gasteiger partial charge in [-0.3, -0.25) is 4.55 Å². The zero-order valence-corrected chi connectivity index (χ0v) is 20.2. The Morgan fingerprint density at radius 3 is 1.31 bits per heavy atom. The van der Waals surface area contributed by atoms with Crippen molar-refractivity contribution in [2.75, 3.05) is 0 Å². The van der Waals surface area contributed by atoms with E-state index in [1.54, 1.807) is 0 Å². The molecule has 0 rings (SSSR count). The van der Waals surface area contributed by atoms with E-state index >= 15 is 0 Å². The van der Waals surface area contributed by atoms with Gasteiger partial charge in [0.25, 0.3) is 10.1 Å². The Morgan fingerprint density at radius 1 is 0.552 bits per heavy atom. The molecule has 0 aliphatic rings. The predicted molar refractivity (Wildman–Crippen MR) is 125 cm³/mol. The van der Waals surface area contributed by atoms with E-state index in [-0.39, 0.29) is 6.10 Å². The van der Waals surface area contributed by atoms with Gasteiger partial charge in [-0.2, -0.15) is 8.42 Å². The fourth-order valence-corrected chi connectivity index (χ4v) is 5.06. The lowest BCUT2D eigenvalue weighted by molar-refractivity contribution is 0.147. The minimum absolute atomic E-state index is 0.0819. The molecule has 4 nitrogen and oxygen atoms in total. The fourth-order valence-electron chi connectivity index (χ4n) is 4.06. The van der Waals surface area contributed by atoms with Gasteiger partial charge < -0.3 is 5.11 Å². The lowest BCUT2D eigenvalue weighted by Crippen LogP contribution is -2.20. The minimum Gasteiger partial charge on any atom is -0.393 e. The molecule has 176 valence electrons. The summed E-state index contributed by atoms with van der Waals surface area (Å²) in [5, 5.41) is 9.40. The van der Waals surface area contributed by atoms with Crippen LogP contribution in [-0.4, -0.2) is 29.4 Å². The summed E-state index contributed by atoms with van der Waals surface area (Å²) in [6.07, 6.45) is 22.1. The fraction of sp³-hybridized carbons (Fsp3) is 1.00. The Morgan fingerprint density at radius 2 is 0.931 bits per heavy atom. The molecular formula is C24H50O4S. The van der Waals surface area contributed by atoms with Gasteiger partial charge in [0.2, 0.25) is 0 Å². The smallest absolute Gasteiger partial charge is 0.267 e. The van der Waals surface area contributed by atoms with E-state index in [2.05, 4.69) is 6.92 Å². The van der Waals surface area contributed by atoms with E-state index < -0.39 is 15.4 Å². The van der Waals surface area contributed by atoms with Crippen molar-refractivity contribution in [3.8, 4) is 0 Å². The summed E-state index contributed by atoms with van der Waals surface area (Å²) in [5.74, 6) is 0. The lowest BCUT2D eigenvalue weighted by atomic mass is 10.0. The van der Waals surface area contributed by atoms with Crippen LogP contribution in [0.15, 0.2) is 0 Å². The zero-order chi connectivity index (χ0) is 21.8. The summed E-state index contributed by atoms with van der Waals surface area (Å²) < 4.78 is 31.8. The van der Waals surface area contributed by atoms with Gasteiger partial charge in [-0.1, -0.05) is 117 Å². The first-order chi connectivity index (χ1) is 13.9. The maximum absolute atomic E-state index is 11.3. The van der Waals surface area contributed by atoms with E-state index in [4.69, 9.17) is 0 Å². The molecule has 2 unspecified atom stereocenters. The van der Waals surface area contributed by atoms with Crippen LogP contribution < -0.4 is 0 Å². The highest BCUT2D eigenvalue weighted by Crippen LogP contribution is 2.18. The van der Waals surface area contributed by atoms with E-state index in [1.165, 1.54) is 77.0 Å². The van der Waals surface area contributed by atoms with Crippen molar-refractivity contribution < 1.29 is 18.1 Å². The highest BCUT2D eigenvalue weighted by molar-refractivity contribution is 7.86. The van der Waals surface area contributed by atoms with Crippen molar-refractivity contribution in [2.45, 2.75) is 154 Å². The van der Waals surface area contributed by atoms with Crippen molar-refractivity contribution in [1.29, 1.82) is 0 Å². The van der Waals surface area contributed by atoms with E-state index in [9.17, 15) is 18.1 Å². The molecule has 0 spiro atoms. The summed E-state index contributed by atoms with van der Waals surface area (Å²) in [6.45, 7) is 4.17. The van der Waals surface area contributed by atoms with E-state index in [1.807, 2.05) is 6.92 Å². The molecule has 2 N–H and O–H groups in total. The van der Waals surface area contributed by atoms with Crippen molar-refractivity contribution in [3.05, 3.63) is 0 Å². The Bertz CT molecular complexity index is 436. The van der Waals surface area contributed by atoms with Gasteiger partial charge in [-0.25, -0.2) is 0 Å². The summed E-state index contributed by atoms with van der Waals surface area (Å²) in [7, 11) is -3.87. The molecule has 0 aliphatic heterocycles. The Kier molecular flexibility index (Phi) is 19.7. The van der Waals surface area contributed by atoms with Crippen LogP contribution in [0.3, 0.4) is 0 Å². The first kappa shape index (κ1) is 28.9. The Balaban J connectivity index is 3.35. The van der Waals surface area contributed by atoms with Crippen LogP contribution in [0.25, 0.3) is 0 Å². The van der Waals surface area contributed by atoms with Gasteiger partial charge in [0, 0.05) is 0 Å². The van der Waals surface area contributed by atoms with Gasteiger partial charge >= 0.3 is 0 Å². The van der Waals surface area contributed by atoms with Crippen LogP contribution in [0.4, 0.5) is 0 Å². The summed E-state index contributed by atoms with van der Waals surface area (Å²) >= 11 is 0. The molecule has 0 aliphatic carbocycles. The van der Waals surface area contributed by atoms with E-state index in [0.29, 0.717) is 12.8 Å². The third-order valence-electron chi connectivity index (χ3n) is 5.99. The number of aliphatic hydroxyl groups excluding tert-OH is 1. The van der Waals surface area contributed by atoms with Gasteiger partial charge in [-0.15, -0.1) is 0 Å². The van der Waals surface area contributed by atoms with E-state index in [0.717, 1.165) is 38.5 Å².